The molecule has 1 heterocycles. The molecule has 2 atom stereocenters. The zero-order valence-corrected chi connectivity index (χ0v) is 5.19. The van der Waals surface area contributed by atoms with Crippen LogP contribution in [0.15, 0.2) is 0 Å². The molecule has 1 saturated heterocycles. The zero-order chi connectivity index (χ0) is 7.56. The Morgan fingerprint density at radius 3 is 2.90 bits per heavy atom. The second-order valence-corrected chi connectivity index (χ2v) is 1.97. The van der Waals surface area contributed by atoms with E-state index in [0.29, 0.717) is 0 Å². The highest BCUT2D eigenvalue weighted by atomic mass is 16.8. The number of aliphatic hydroxyl groups excluding tert-OH is 2. The first-order chi connectivity index (χ1) is 4.74. The van der Waals surface area contributed by atoms with Crippen molar-refractivity contribution in [2.75, 3.05) is 13.2 Å². The Morgan fingerprint density at radius 1 is 1.80 bits per heavy atom. The summed E-state index contributed by atoms with van der Waals surface area (Å²) in [5.74, 6) is 0. The fraction of sp³-hybridized carbons (Fsp3) is 0.800. The lowest BCUT2D eigenvalue weighted by Gasteiger charge is -2.10. The molecule has 0 spiro atoms. The third-order valence-corrected chi connectivity index (χ3v) is 1.23. The minimum atomic E-state index is -1.04. The van der Waals surface area contributed by atoms with Gasteiger partial charge in [-0.25, -0.2) is 4.79 Å². The van der Waals surface area contributed by atoms with Crippen LogP contribution in [0.2, 0.25) is 0 Å². The van der Waals surface area contributed by atoms with E-state index in [1.54, 1.807) is 0 Å². The summed E-state index contributed by atoms with van der Waals surface area (Å²) in [6.45, 7) is -0.415. The Kier molecular flexibility index (Phi) is 2.08. The molecule has 5 nitrogen and oxygen atoms in total. The Bertz CT molecular complexity index is 134. The smallest absolute Gasteiger partial charge is 0.430 e. The number of carbonyl (C=O) groups is 1. The Balaban J connectivity index is 2.36. The summed E-state index contributed by atoms with van der Waals surface area (Å²) in [6, 6.07) is 0. The molecular weight excluding hydrogens is 140 g/mol. The molecule has 1 fully saturated rings. The number of carbonyl (C=O) groups excluding carboxylic acids is 1. The monoisotopic (exact) mass is 148 g/mol. The van der Waals surface area contributed by atoms with Crippen molar-refractivity contribution >= 4 is 6.16 Å². The SMILES string of the molecule is O=C1OC[C@H]([C@H](O)CO)O1. The second-order valence-electron chi connectivity index (χ2n) is 1.97. The molecule has 0 unspecified atom stereocenters. The lowest BCUT2D eigenvalue weighted by atomic mass is 10.2. The van der Waals surface area contributed by atoms with Gasteiger partial charge in [-0.05, 0) is 0 Å². The van der Waals surface area contributed by atoms with E-state index in [-0.39, 0.29) is 6.61 Å². The Hall–Kier alpha value is -0.810. The maximum absolute atomic E-state index is 10.2. The van der Waals surface area contributed by atoms with Gasteiger partial charge in [0.1, 0.15) is 12.7 Å². The molecule has 0 aromatic carbocycles. The van der Waals surface area contributed by atoms with E-state index < -0.39 is 25.0 Å². The van der Waals surface area contributed by atoms with E-state index in [1.165, 1.54) is 0 Å². The lowest BCUT2D eigenvalue weighted by molar-refractivity contribution is -0.00102. The van der Waals surface area contributed by atoms with Crippen LogP contribution in [0.1, 0.15) is 0 Å². The summed E-state index contributed by atoms with van der Waals surface area (Å²) in [5.41, 5.74) is 0. The maximum Gasteiger partial charge on any atom is 0.508 e. The van der Waals surface area contributed by atoms with Crippen LogP contribution in [-0.2, 0) is 9.47 Å². The number of aliphatic hydroxyl groups is 2. The lowest BCUT2D eigenvalue weighted by Crippen LogP contribution is -2.31. The summed E-state index contributed by atoms with van der Waals surface area (Å²) < 4.78 is 8.80. The molecule has 0 aromatic rings. The van der Waals surface area contributed by atoms with Gasteiger partial charge in [0.15, 0.2) is 6.10 Å². The molecule has 1 rings (SSSR count). The summed E-state index contributed by atoms with van der Waals surface area (Å²) in [5, 5.41) is 17.3. The van der Waals surface area contributed by atoms with E-state index in [9.17, 15) is 4.79 Å². The van der Waals surface area contributed by atoms with Gasteiger partial charge in [-0.3, -0.25) is 0 Å². The van der Waals surface area contributed by atoms with Crippen molar-refractivity contribution in [2.24, 2.45) is 0 Å². The van der Waals surface area contributed by atoms with E-state index >= 15 is 0 Å². The molecule has 2 N–H and O–H groups in total. The first-order valence-electron chi connectivity index (χ1n) is 2.86. The van der Waals surface area contributed by atoms with Gasteiger partial charge in [0.25, 0.3) is 0 Å². The first-order valence-corrected chi connectivity index (χ1v) is 2.86. The molecule has 58 valence electrons. The van der Waals surface area contributed by atoms with Gasteiger partial charge in [0, 0.05) is 0 Å². The molecule has 10 heavy (non-hydrogen) atoms. The largest absolute Gasteiger partial charge is 0.508 e. The van der Waals surface area contributed by atoms with Gasteiger partial charge in [-0.2, -0.15) is 0 Å². The fourth-order valence-electron chi connectivity index (χ4n) is 0.649. The zero-order valence-electron chi connectivity index (χ0n) is 5.19. The van der Waals surface area contributed by atoms with Crippen LogP contribution in [-0.4, -0.2) is 41.8 Å². The summed E-state index contributed by atoms with van der Waals surface area (Å²) in [6.07, 6.45) is -2.54. The summed E-state index contributed by atoms with van der Waals surface area (Å²) >= 11 is 0. The summed E-state index contributed by atoms with van der Waals surface area (Å²) in [7, 11) is 0. The number of hydrogen-bond donors (Lipinski definition) is 2. The summed E-state index contributed by atoms with van der Waals surface area (Å²) in [4.78, 5) is 10.2. The van der Waals surface area contributed by atoms with Crippen LogP contribution in [0, 0.1) is 0 Å². The molecule has 1 aliphatic rings. The molecular formula is C5H8O5. The van der Waals surface area contributed by atoms with Crippen LogP contribution in [0.4, 0.5) is 4.79 Å². The number of cyclic esters (lactones) is 2. The molecule has 0 saturated carbocycles. The van der Waals surface area contributed by atoms with Crippen LogP contribution < -0.4 is 0 Å². The minimum Gasteiger partial charge on any atom is -0.430 e. The highest BCUT2D eigenvalue weighted by Gasteiger charge is 2.30. The number of hydrogen-bond acceptors (Lipinski definition) is 5. The second kappa shape index (κ2) is 2.85. The Morgan fingerprint density at radius 2 is 2.50 bits per heavy atom. The quantitative estimate of drug-likeness (QED) is 0.485. The highest BCUT2D eigenvalue weighted by Crippen LogP contribution is 2.09. The maximum atomic E-state index is 10.2. The van der Waals surface area contributed by atoms with Crippen molar-refractivity contribution in [3.63, 3.8) is 0 Å². The Labute approximate surface area is 57.2 Å². The van der Waals surface area contributed by atoms with Gasteiger partial charge in [0.2, 0.25) is 0 Å². The minimum absolute atomic E-state index is 0.0144. The molecule has 0 amide bonds. The standard InChI is InChI=1S/C5H8O5/c6-1-3(7)4-2-9-5(8)10-4/h3-4,6-7H,1-2H2/t3-,4-/m1/s1. The van der Waals surface area contributed by atoms with Crippen LogP contribution in [0.25, 0.3) is 0 Å². The van der Waals surface area contributed by atoms with Crippen molar-refractivity contribution in [2.45, 2.75) is 12.2 Å². The first kappa shape index (κ1) is 7.30. The van der Waals surface area contributed by atoms with Crippen molar-refractivity contribution in [1.82, 2.24) is 0 Å². The third-order valence-electron chi connectivity index (χ3n) is 1.23. The van der Waals surface area contributed by atoms with Crippen molar-refractivity contribution in [1.29, 1.82) is 0 Å². The van der Waals surface area contributed by atoms with Crippen molar-refractivity contribution in [3.05, 3.63) is 0 Å². The predicted octanol–water partition coefficient (Wildman–Crippen LogP) is -1.12. The van der Waals surface area contributed by atoms with Gasteiger partial charge in [0.05, 0.1) is 6.61 Å². The van der Waals surface area contributed by atoms with E-state index in [2.05, 4.69) is 9.47 Å². The molecule has 0 radical (unpaired) electrons. The fourth-order valence-corrected chi connectivity index (χ4v) is 0.649. The van der Waals surface area contributed by atoms with Crippen molar-refractivity contribution < 1.29 is 24.5 Å². The van der Waals surface area contributed by atoms with Crippen LogP contribution in [0.3, 0.4) is 0 Å². The predicted molar refractivity (Wildman–Crippen MR) is 29.3 cm³/mol. The van der Waals surface area contributed by atoms with E-state index in [4.69, 9.17) is 10.2 Å². The van der Waals surface area contributed by atoms with E-state index in [1.807, 2.05) is 0 Å². The number of ether oxygens (including phenoxy) is 2. The van der Waals surface area contributed by atoms with Gasteiger partial charge >= 0.3 is 6.16 Å². The average molecular weight is 148 g/mol. The van der Waals surface area contributed by atoms with Crippen LogP contribution >= 0.6 is 0 Å². The molecule has 5 heteroatoms. The van der Waals surface area contributed by atoms with Gasteiger partial charge < -0.3 is 19.7 Å². The van der Waals surface area contributed by atoms with Gasteiger partial charge in [-0.15, -0.1) is 0 Å². The highest BCUT2D eigenvalue weighted by molar-refractivity contribution is 5.61. The molecule has 0 aliphatic carbocycles. The normalized spacial score (nSPS) is 27.4. The third kappa shape index (κ3) is 1.37. The number of rotatable bonds is 2. The van der Waals surface area contributed by atoms with E-state index in [0.717, 1.165) is 0 Å². The van der Waals surface area contributed by atoms with Gasteiger partial charge in [-0.1, -0.05) is 0 Å². The molecule has 1 aliphatic heterocycles. The van der Waals surface area contributed by atoms with Crippen molar-refractivity contribution in [3.8, 4) is 0 Å². The average Bonchev–Trinajstić information content (AvgIpc) is 2.34. The molecule has 0 bridgehead atoms. The topological polar surface area (TPSA) is 76.0 Å². The molecule has 0 aromatic heterocycles. The van der Waals surface area contributed by atoms with Crippen LogP contribution in [0.5, 0.6) is 0 Å².